The fourth-order valence-corrected chi connectivity index (χ4v) is 6.22. The summed E-state index contributed by atoms with van der Waals surface area (Å²) in [4.78, 5) is 36.9. The van der Waals surface area contributed by atoms with Gasteiger partial charge in [-0.3, -0.25) is 19.4 Å². The van der Waals surface area contributed by atoms with Gasteiger partial charge in [0, 0.05) is 38.3 Å². The fourth-order valence-electron chi connectivity index (χ4n) is 5.16. The number of anilines is 1. The number of hydrogen-bond donors (Lipinski definition) is 0. The Bertz CT molecular complexity index is 1410. The second kappa shape index (κ2) is 9.58. The minimum Gasteiger partial charge on any atom is -0.297 e. The maximum Gasteiger partial charge on any atom is 0.251 e. The third-order valence-electron chi connectivity index (χ3n) is 7.14. The van der Waals surface area contributed by atoms with Crippen LogP contribution < -0.4 is 4.90 Å². The maximum absolute atomic E-state index is 13.3. The van der Waals surface area contributed by atoms with Crippen LogP contribution in [0, 0.1) is 6.92 Å². The first-order valence-corrected chi connectivity index (χ1v) is 13.2. The van der Waals surface area contributed by atoms with E-state index in [1.807, 2.05) is 36.4 Å². The number of carbonyl (C=O) groups excluding carboxylic acids is 2. The highest BCUT2D eigenvalue weighted by Crippen LogP contribution is 2.33. The molecule has 0 radical (unpaired) electrons. The summed E-state index contributed by atoms with van der Waals surface area (Å²) in [5.74, 6) is -0.236. The van der Waals surface area contributed by atoms with Gasteiger partial charge in [0.1, 0.15) is 5.01 Å². The Labute approximate surface area is 214 Å². The van der Waals surface area contributed by atoms with Crippen LogP contribution in [0.5, 0.6) is 0 Å². The monoisotopic (exact) mass is 496 g/mol. The Morgan fingerprint density at radius 2 is 1.67 bits per heavy atom. The molecule has 1 atom stereocenters. The number of nitrogens with zero attached hydrogens (tertiary/aromatic N) is 4. The highest BCUT2D eigenvalue weighted by Gasteiger charge is 2.43. The molecule has 0 spiro atoms. The third kappa shape index (κ3) is 4.46. The van der Waals surface area contributed by atoms with Crippen molar-refractivity contribution in [2.24, 2.45) is 0 Å². The molecule has 2 fully saturated rings. The number of imide groups is 1. The van der Waals surface area contributed by atoms with E-state index < -0.39 is 0 Å². The minimum absolute atomic E-state index is 0.111. The zero-order valence-electron chi connectivity index (χ0n) is 20.3. The summed E-state index contributed by atoms with van der Waals surface area (Å²) in [6.07, 6.45) is 0.247. The Balaban J connectivity index is 1.12. The number of aryl methyl sites for hydroxylation is 1. The van der Waals surface area contributed by atoms with Gasteiger partial charge in [0.2, 0.25) is 5.91 Å². The van der Waals surface area contributed by atoms with E-state index in [1.54, 1.807) is 11.3 Å². The molecule has 0 N–H and O–H groups in total. The van der Waals surface area contributed by atoms with E-state index >= 15 is 0 Å². The number of carbonyl (C=O) groups is 2. The number of amides is 2. The van der Waals surface area contributed by atoms with Crippen molar-refractivity contribution in [3.8, 4) is 10.6 Å². The number of thiazole rings is 1. The fraction of sp³-hybridized carbons (Fsp3) is 0.276. The van der Waals surface area contributed by atoms with Gasteiger partial charge in [-0.05, 0) is 54.4 Å². The Morgan fingerprint density at radius 1 is 0.917 bits per heavy atom. The normalized spacial score (nSPS) is 19.5. The van der Waals surface area contributed by atoms with E-state index in [-0.39, 0.29) is 24.3 Å². The van der Waals surface area contributed by atoms with Gasteiger partial charge in [-0.15, -0.1) is 11.3 Å². The van der Waals surface area contributed by atoms with Gasteiger partial charge in [0.25, 0.3) is 5.91 Å². The average molecular weight is 497 g/mol. The van der Waals surface area contributed by atoms with Crippen LogP contribution in [0.3, 0.4) is 0 Å². The topological polar surface area (TPSA) is 56.8 Å². The van der Waals surface area contributed by atoms with Crippen molar-refractivity contribution in [1.82, 2.24) is 14.8 Å². The quantitative estimate of drug-likeness (QED) is 0.374. The second-order valence-corrected chi connectivity index (χ2v) is 10.7. The van der Waals surface area contributed by atoms with Crippen LogP contribution in [-0.4, -0.2) is 58.8 Å². The minimum atomic E-state index is -0.372. The van der Waals surface area contributed by atoms with Crippen molar-refractivity contribution in [2.75, 3.05) is 31.1 Å². The smallest absolute Gasteiger partial charge is 0.251 e. The molecule has 4 aromatic rings. The van der Waals surface area contributed by atoms with E-state index in [2.05, 4.69) is 53.1 Å². The Kier molecular flexibility index (Phi) is 6.13. The van der Waals surface area contributed by atoms with E-state index in [0.29, 0.717) is 5.69 Å². The summed E-state index contributed by atoms with van der Waals surface area (Å²) < 4.78 is 1.16. The molecule has 6 rings (SSSR count). The first kappa shape index (κ1) is 23.0. The van der Waals surface area contributed by atoms with Crippen LogP contribution in [0.4, 0.5) is 5.69 Å². The lowest BCUT2D eigenvalue weighted by molar-refractivity contribution is -0.123. The standard InChI is InChI=1S/C29H28N4O2S/c1-20-7-12-24-26(17-20)36-28(30-24)22-8-10-23(11-9-22)33-27(34)18-25(29(33)35)32-15-13-31(14-16-32)19-21-5-3-2-4-6-21/h2-12,17,25H,13-16,18-19H2,1H3. The molecule has 2 aliphatic rings. The number of hydrogen-bond acceptors (Lipinski definition) is 6. The van der Waals surface area contributed by atoms with E-state index in [0.717, 1.165) is 53.5 Å². The van der Waals surface area contributed by atoms with Gasteiger partial charge in [0.15, 0.2) is 0 Å². The molecule has 3 heterocycles. The van der Waals surface area contributed by atoms with Crippen LogP contribution in [0.25, 0.3) is 20.8 Å². The summed E-state index contributed by atoms with van der Waals surface area (Å²) in [5, 5.41) is 0.937. The summed E-state index contributed by atoms with van der Waals surface area (Å²) in [5.41, 5.74) is 5.12. The van der Waals surface area contributed by atoms with Crippen LogP contribution in [0.15, 0.2) is 72.8 Å². The number of benzene rings is 3. The highest BCUT2D eigenvalue weighted by molar-refractivity contribution is 7.21. The lowest BCUT2D eigenvalue weighted by Gasteiger charge is -2.37. The molecular formula is C29H28N4O2S. The molecule has 36 heavy (non-hydrogen) atoms. The third-order valence-corrected chi connectivity index (χ3v) is 8.20. The average Bonchev–Trinajstić information content (AvgIpc) is 3.45. The van der Waals surface area contributed by atoms with Crippen molar-refractivity contribution in [3.63, 3.8) is 0 Å². The van der Waals surface area contributed by atoms with Gasteiger partial charge >= 0.3 is 0 Å². The summed E-state index contributed by atoms with van der Waals surface area (Å²) in [7, 11) is 0. The van der Waals surface area contributed by atoms with E-state index in [1.165, 1.54) is 16.0 Å². The molecular weight excluding hydrogens is 468 g/mol. The van der Waals surface area contributed by atoms with E-state index in [9.17, 15) is 9.59 Å². The largest absolute Gasteiger partial charge is 0.297 e. The van der Waals surface area contributed by atoms with Crippen molar-refractivity contribution >= 4 is 39.1 Å². The molecule has 0 aliphatic carbocycles. The SMILES string of the molecule is Cc1ccc2nc(-c3ccc(N4C(=O)CC(N5CCN(Cc6ccccc6)CC5)C4=O)cc3)sc2c1. The molecule has 0 bridgehead atoms. The number of piperazine rings is 1. The number of fused-ring (bicyclic) bond motifs is 1. The van der Waals surface area contributed by atoms with Crippen LogP contribution in [0.2, 0.25) is 0 Å². The molecule has 6 nitrogen and oxygen atoms in total. The van der Waals surface area contributed by atoms with Gasteiger partial charge in [-0.1, -0.05) is 36.4 Å². The van der Waals surface area contributed by atoms with Gasteiger partial charge < -0.3 is 0 Å². The lowest BCUT2D eigenvalue weighted by Crippen LogP contribution is -2.52. The second-order valence-electron chi connectivity index (χ2n) is 9.62. The van der Waals surface area contributed by atoms with Crippen LogP contribution in [-0.2, 0) is 16.1 Å². The summed E-state index contributed by atoms with van der Waals surface area (Å²) >= 11 is 1.65. The van der Waals surface area contributed by atoms with Crippen molar-refractivity contribution in [1.29, 1.82) is 0 Å². The predicted octanol–water partition coefficient (Wildman–Crippen LogP) is 4.72. The lowest BCUT2D eigenvalue weighted by atomic mass is 10.1. The van der Waals surface area contributed by atoms with E-state index in [4.69, 9.17) is 4.98 Å². The molecule has 2 saturated heterocycles. The van der Waals surface area contributed by atoms with Gasteiger partial charge in [0.05, 0.1) is 28.4 Å². The van der Waals surface area contributed by atoms with Crippen molar-refractivity contribution in [3.05, 3.63) is 83.9 Å². The molecule has 1 unspecified atom stereocenters. The molecule has 1 aromatic heterocycles. The van der Waals surface area contributed by atoms with Crippen LogP contribution in [0.1, 0.15) is 17.5 Å². The zero-order chi connectivity index (χ0) is 24.6. The van der Waals surface area contributed by atoms with Crippen LogP contribution >= 0.6 is 11.3 Å². The summed E-state index contributed by atoms with van der Waals surface area (Å²) in [6.45, 7) is 6.36. The first-order valence-electron chi connectivity index (χ1n) is 12.4. The van der Waals surface area contributed by atoms with Gasteiger partial charge in [-0.25, -0.2) is 9.88 Å². The van der Waals surface area contributed by atoms with Crippen molar-refractivity contribution in [2.45, 2.75) is 25.9 Å². The molecule has 7 heteroatoms. The summed E-state index contributed by atoms with van der Waals surface area (Å²) in [6, 6.07) is 24.0. The Morgan fingerprint density at radius 3 is 2.42 bits per heavy atom. The first-order chi connectivity index (χ1) is 17.5. The maximum atomic E-state index is 13.3. The number of aromatic nitrogens is 1. The molecule has 2 amide bonds. The predicted molar refractivity (Wildman–Crippen MR) is 144 cm³/mol. The van der Waals surface area contributed by atoms with Gasteiger partial charge in [-0.2, -0.15) is 0 Å². The Hall–Kier alpha value is -3.39. The highest BCUT2D eigenvalue weighted by atomic mass is 32.1. The zero-order valence-corrected chi connectivity index (χ0v) is 21.1. The molecule has 3 aromatic carbocycles. The molecule has 182 valence electrons. The number of rotatable bonds is 5. The molecule has 2 aliphatic heterocycles. The molecule has 0 saturated carbocycles. The van der Waals surface area contributed by atoms with Crippen molar-refractivity contribution < 1.29 is 9.59 Å².